The summed E-state index contributed by atoms with van der Waals surface area (Å²) in [5.41, 5.74) is 4.05. The molecule has 2 atom stereocenters. The van der Waals surface area contributed by atoms with Gasteiger partial charge in [0.1, 0.15) is 11.5 Å². The maximum Gasteiger partial charge on any atom is 0.573 e. The molecule has 0 bridgehead atoms. The number of amides is 1. The highest BCUT2D eigenvalue weighted by molar-refractivity contribution is 5.92. The maximum absolute atomic E-state index is 12.6. The van der Waals surface area contributed by atoms with E-state index in [1.165, 1.54) is 24.3 Å². The fraction of sp³-hybridized carbons (Fsp3) is 0.375. The van der Waals surface area contributed by atoms with Crippen molar-refractivity contribution in [3.05, 3.63) is 72.3 Å². The second-order valence-electron chi connectivity index (χ2n) is 11.9. The zero-order valence-corrected chi connectivity index (χ0v) is 24.1. The van der Waals surface area contributed by atoms with Crippen LogP contribution in [0.2, 0.25) is 0 Å². The summed E-state index contributed by atoms with van der Waals surface area (Å²) in [6.07, 6.45) is -1.71. The van der Waals surface area contributed by atoms with Gasteiger partial charge in [-0.25, -0.2) is 4.98 Å². The summed E-state index contributed by atoms with van der Waals surface area (Å²) >= 11 is 0. The third kappa shape index (κ3) is 7.35. The number of carbonyl (C=O) groups is 1. The molecule has 1 amide bonds. The summed E-state index contributed by atoms with van der Waals surface area (Å²) in [6.45, 7) is 8.60. The monoisotopic (exact) mass is 580 g/mol. The Hall–Kier alpha value is -4.21. The topological polar surface area (TPSA) is 77.4 Å². The molecular formula is C32H35F3N4O3. The van der Waals surface area contributed by atoms with Gasteiger partial charge in [0.05, 0.1) is 11.0 Å². The van der Waals surface area contributed by atoms with Gasteiger partial charge in [-0.1, -0.05) is 32.9 Å². The minimum absolute atomic E-state index is 0.139. The number of fused-ring (bicyclic) bond motifs is 1. The Bertz CT molecular complexity index is 1560. The number of nitrogens with one attached hydrogen (secondary N) is 2. The second-order valence-corrected chi connectivity index (χ2v) is 11.9. The lowest BCUT2D eigenvalue weighted by atomic mass is 9.70. The van der Waals surface area contributed by atoms with Gasteiger partial charge < -0.3 is 24.7 Å². The third-order valence-corrected chi connectivity index (χ3v) is 7.41. The molecule has 1 aliphatic carbocycles. The predicted molar refractivity (Wildman–Crippen MR) is 157 cm³/mol. The summed E-state index contributed by atoms with van der Waals surface area (Å²) < 4.78 is 49.9. The van der Waals surface area contributed by atoms with E-state index in [1.807, 2.05) is 43.3 Å². The number of halogens is 3. The molecule has 0 saturated heterocycles. The predicted octanol–water partition coefficient (Wildman–Crippen LogP) is 8.39. The molecule has 2 N–H and O–H groups in total. The molecule has 7 nitrogen and oxygen atoms in total. The number of carbonyl (C=O) groups excluding carboxylic acids is 1. The van der Waals surface area contributed by atoms with Gasteiger partial charge in [-0.05, 0) is 91.6 Å². The number of benzene rings is 3. The molecule has 0 radical (unpaired) electrons. The van der Waals surface area contributed by atoms with E-state index < -0.39 is 6.36 Å². The highest BCUT2D eigenvalue weighted by atomic mass is 19.4. The summed E-state index contributed by atoms with van der Waals surface area (Å²) in [5, 5.41) is 6.14. The van der Waals surface area contributed by atoms with Crippen LogP contribution in [0, 0.1) is 18.3 Å². The average molecular weight is 581 g/mol. The fourth-order valence-corrected chi connectivity index (χ4v) is 6.06. The lowest BCUT2D eigenvalue weighted by molar-refractivity contribution is -0.274. The Labute approximate surface area is 243 Å². The fourth-order valence-electron chi connectivity index (χ4n) is 6.06. The number of anilines is 3. The molecule has 1 aromatic heterocycles. The number of rotatable bonds is 8. The Balaban J connectivity index is 1.40. The van der Waals surface area contributed by atoms with E-state index in [4.69, 9.17) is 9.72 Å². The van der Waals surface area contributed by atoms with Crippen molar-refractivity contribution in [3.63, 3.8) is 0 Å². The minimum Gasteiger partial charge on any atom is -0.484 e. The van der Waals surface area contributed by atoms with Crippen LogP contribution < -0.4 is 20.1 Å². The van der Waals surface area contributed by atoms with Crippen LogP contribution in [-0.4, -0.2) is 28.4 Å². The van der Waals surface area contributed by atoms with E-state index in [-0.39, 0.29) is 29.7 Å². The summed E-state index contributed by atoms with van der Waals surface area (Å²) in [6, 6.07) is 18.8. The molecule has 222 valence electrons. The molecule has 4 aromatic rings. The number of ether oxygens (including phenoxy) is 2. The van der Waals surface area contributed by atoms with Gasteiger partial charge in [-0.3, -0.25) is 4.79 Å². The molecule has 1 fully saturated rings. The van der Waals surface area contributed by atoms with Gasteiger partial charge in [0, 0.05) is 23.5 Å². The second kappa shape index (κ2) is 11.6. The van der Waals surface area contributed by atoms with E-state index in [2.05, 4.69) is 40.7 Å². The first-order chi connectivity index (χ1) is 19.8. The number of hydrogen-bond acceptors (Lipinski definition) is 5. The highest BCUT2D eigenvalue weighted by Gasteiger charge is 2.35. The van der Waals surface area contributed by atoms with Gasteiger partial charge >= 0.3 is 6.36 Å². The number of aromatic nitrogens is 2. The quantitative estimate of drug-likeness (QED) is 0.219. The molecule has 10 heteroatoms. The van der Waals surface area contributed by atoms with Crippen molar-refractivity contribution in [3.8, 4) is 11.5 Å². The molecule has 1 saturated carbocycles. The Kier molecular flexibility index (Phi) is 8.08. The lowest BCUT2D eigenvalue weighted by Crippen LogP contribution is -2.29. The van der Waals surface area contributed by atoms with Crippen LogP contribution in [-0.2, 0) is 4.79 Å². The third-order valence-electron chi connectivity index (χ3n) is 7.41. The Morgan fingerprint density at radius 3 is 2.45 bits per heavy atom. The lowest BCUT2D eigenvalue weighted by Gasteiger charge is -2.40. The van der Waals surface area contributed by atoms with Crippen LogP contribution in [0.5, 0.6) is 11.5 Å². The summed E-state index contributed by atoms with van der Waals surface area (Å²) in [4.78, 5) is 17.3. The van der Waals surface area contributed by atoms with E-state index in [9.17, 15) is 18.0 Å². The van der Waals surface area contributed by atoms with Crippen LogP contribution in [0.15, 0.2) is 66.7 Å². The number of nitrogens with zero attached hydrogens (tertiary/aromatic N) is 2. The van der Waals surface area contributed by atoms with Gasteiger partial charge in [0.2, 0.25) is 5.95 Å². The zero-order chi connectivity index (χ0) is 30.1. The minimum atomic E-state index is -4.76. The van der Waals surface area contributed by atoms with Gasteiger partial charge in [-0.15, -0.1) is 13.2 Å². The standard InChI is InChI=1S/C32H35F3N4O3/c1-20-6-5-7-23(14-20)36-29(40)19-41-26-12-13-28-27(16-26)38-30(39(28)24-15-21(2)17-31(3,4)18-24)37-22-8-10-25(11-9-22)42-32(33,34)35/h5-14,16,21,24H,15,17-19H2,1-4H3,(H,36,40)(H,37,38)/t21-,24+/m1/s1. The first-order valence-corrected chi connectivity index (χ1v) is 14.0. The summed E-state index contributed by atoms with van der Waals surface area (Å²) in [5.74, 6) is 1.03. The largest absolute Gasteiger partial charge is 0.573 e. The van der Waals surface area contributed by atoms with E-state index >= 15 is 0 Å². The SMILES string of the molecule is Cc1cccc(NC(=O)COc2ccc3c(c2)nc(Nc2ccc(OC(F)(F)F)cc2)n3[C@H]2C[C@@H](C)CC(C)(C)C2)c1. The number of imidazole rings is 1. The van der Waals surface area contributed by atoms with Gasteiger partial charge in [-0.2, -0.15) is 0 Å². The highest BCUT2D eigenvalue weighted by Crippen LogP contribution is 2.46. The van der Waals surface area contributed by atoms with Crippen molar-refractivity contribution in [1.82, 2.24) is 9.55 Å². The normalized spacial score (nSPS) is 18.5. The molecule has 1 aliphatic rings. The van der Waals surface area contributed by atoms with E-state index in [0.29, 0.717) is 34.5 Å². The van der Waals surface area contributed by atoms with Crippen LogP contribution in [0.3, 0.4) is 0 Å². The van der Waals surface area contributed by atoms with Crippen molar-refractivity contribution in [2.75, 3.05) is 17.2 Å². The summed E-state index contributed by atoms with van der Waals surface area (Å²) in [7, 11) is 0. The van der Waals surface area contributed by atoms with Crippen molar-refractivity contribution in [2.24, 2.45) is 11.3 Å². The number of aryl methyl sites for hydroxylation is 1. The molecular weight excluding hydrogens is 545 g/mol. The average Bonchev–Trinajstić information content (AvgIpc) is 3.23. The first kappa shape index (κ1) is 29.3. The molecule has 0 spiro atoms. The molecule has 1 heterocycles. The molecule has 0 unspecified atom stereocenters. The molecule has 0 aliphatic heterocycles. The van der Waals surface area contributed by atoms with Crippen molar-refractivity contribution >= 4 is 34.3 Å². The molecule has 42 heavy (non-hydrogen) atoms. The van der Waals surface area contributed by atoms with Gasteiger partial charge in [0.15, 0.2) is 6.61 Å². The first-order valence-electron chi connectivity index (χ1n) is 14.0. The smallest absolute Gasteiger partial charge is 0.484 e. The van der Waals surface area contributed by atoms with Crippen LogP contribution in [0.4, 0.5) is 30.5 Å². The Morgan fingerprint density at radius 1 is 1.02 bits per heavy atom. The molecule has 5 rings (SSSR count). The van der Waals surface area contributed by atoms with Crippen molar-refractivity contribution in [1.29, 1.82) is 0 Å². The van der Waals surface area contributed by atoms with Gasteiger partial charge in [0.25, 0.3) is 5.91 Å². The van der Waals surface area contributed by atoms with Crippen LogP contribution in [0.1, 0.15) is 51.6 Å². The number of hydrogen-bond donors (Lipinski definition) is 2. The number of alkyl halides is 3. The Morgan fingerprint density at radius 2 is 1.76 bits per heavy atom. The van der Waals surface area contributed by atoms with Crippen molar-refractivity contribution < 1.29 is 27.4 Å². The van der Waals surface area contributed by atoms with E-state index in [0.717, 1.165) is 30.3 Å². The van der Waals surface area contributed by atoms with Crippen LogP contribution >= 0.6 is 0 Å². The van der Waals surface area contributed by atoms with E-state index in [1.54, 1.807) is 6.07 Å². The van der Waals surface area contributed by atoms with Crippen LogP contribution in [0.25, 0.3) is 11.0 Å². The van der Waals surface area contributed by atoms with Crippen molar-refractivity contribution in [2.45, 2.75) is 59.4 Å². The molecule has 3 aromatic carbocycles. The maximum atomic E-state index is 12.6. The zero-order valence-electron chi connectivity index (χ0n) is 24.1.